The third kappa shape index (κ3) is 2.48. The number of hydrogen-bond acceptors (Lipinski definition) is 1. The molecule has 0 bridgehead atoms. The molecular formula is C14H9F2N. The highest BCUT2D eigenvalue weighted by atomic mass is 19.1. The summed E-state index contributed by atoms with van der Waals surface area (Å²) in [6.07, 6.45) is 0.0286. The summed E-state index contributed by atoms with van der Waals surface area (Å²) in [4.78, 5) is 0. The van der Waals surface area contributed by atoms with Crippen LogP contribution in [0.25, 0.3) is 11.1 Å². The SMILES string of the molecule is N#CCc1cc(-c2ccc(F)cc2)ccc1F. The molecule has 0 unspecified atom stereocenters. The number of hydrogen-bond donors (Lipinski definition) is 0. The van der Waals surface area contributed by atoms with Gasteiger partial charge in [-0.3, -0.25) is 0 Å². The summed E-state index contributed by atoms with van der Waals surface area (Å²) in [6.45, 7) is 0. The fourth-order valence-electron chi connectivity index (χ4n) is 1.62. The Morgan fingerprint density at radius 1 is 0.941 bits per heavy atom. The van der Waals surface area contributed by atoms with E-state index in [1.165, 1.54) is 18.2 Å². The molecule has 2 aromatic rings. The van der Waals surface area contributed by atoms with E-state index < -0.39 is 5.82 Å². The first-order valence-electron chi connectivity index (χ1n) is 5.12. The van der Waals surface area contributed by atoms with Crippen LogP contribution < -0.4 is 0 Å². The molecule has 0 amide bonds. The Labute approximate surface area is 97.9 Å². The third-order valence-electron chi connectivity index (χ3n) is 2.49. The van der Waals surface area contributed by atoms with Crippen LogP contribution in [0.1, 0.15) is 5.56 Å². The number of halogens is 2. The molecule has 0 aliphatic carbocycles. The van der Waals surface area contributed by atoms with Crippen LogP contribution in [0.15, 0.2) is 42.5 Å². The maximum atomic E-state index is 13.3. The molecule has 0 aromatic heterocycles. The topological polar surface area (TPSA) is 23.8 Å². The van der Waals surface area contributed by atoms with E-state index in [0.29, 0.717) is 5.56 Å². The van der Waals surface area contributed by atoms with Gasteiger partial charge < -0.3 is 0 Å². The third-order valence-corrected chi connectivity index (χ3v) is 2.49. The van der Waals surface area contributed by atoms with E-state index in [-0.39, 0.29) is 12.2 Å². The first-order valence-corrected chi connectivity index (χ1v) is 5.12. The van der Waals surface area contributed by atoms with Gasteiger partial charge in [-0.2, -0.15) is 5.26 Å². The fraction of sp³-hybridized carbons (Fsp3) is 0.0714. The van der Waals surface area contributed by atoms with Gasteiger partial charge >= 0.3 is 0 Å². The lowest BCUT2D eigenvalue weighted by molar-refractivity contribution is 0.615. The first kappa shape index (κ1) is 11.3. The second kappa shape index (κ2) is 4.75. The minimum absolute atomic E-state index is 0.0286. The Kier molecular flexibility index (Phi) is 3.15. The highest BCUT2D eigenvalue weighted by Crippen LogP contribution is 2.22. The molecule has 0 aliphatic heterocycles. The lowest BCUT2D eigenvalue weighted by Gasteiger charge is -2.04. The minimum Gasteiger partial charge on any atom is -0.207 e. The van der Waals surface area contributed by atoms with E-state index in [2.05, 4.69) is 0 Å². The van der Waals surface area contributed by atoms with Crippen molar-refractivity contribution in [3.8, 4) is 17.2 Å². The Hall–Kier alpha value is -2.21. The van der Waals surface area contributed by atoms with Crippen molar-refractivity contribution in [3.63, 3.8) is 0 Å². The minimum atomic E-state index is -0.391. The van der Waals surface area contributed by atoms with Crippen molar-refractivity contribution in [1.29, 1.82) is 5.26 Å². The second-order valence-corrected chi connectivity index (χ2v) is 3.65. The molecule has 17 heavy (non-hydrogen) atoms. The Balaban J connectivity index is 2.43. The summed E-state index contributed by atoms with van der Waals surface area (Å²) in [5.74, 6) is -0.703. The summed E-state index contributed by atoms with van der Waals surface area (Å²) in [5, 5.41) is 8.58. The average Bonchev–Trinajstić information content (AvgIpc) is 2.33. The zero-order chi connectivity index (χ0) is 12.3. The van der Waals surface area contributed by atoms with Gasteiger partial charge in [0.1, 0.15) is 11.6 Å². The molecule has 1 nitrogen and oxygen atoms in total. The lowest BCUT2D eigenvalue weighted by Crippen LogP contribution is -1.90. The van der Waals surface area contributed by atoms with Gasteiger partial charge in [-0.25, -0.2) is 8.78 Å². The summed E-state index contributed by atoms with van der Waals surface area (Å²) < 4.78 is 26.1. The van der Waals surface area contributed by atoms with E-state index in [1.54, 1.807) is 24.3 Å². The van der Waals surface area contributed by atoms with E-state index in [0.717, 1.165) is 11.1 Å². The van der Waals surface area contributed by atoms with Crippen molar-refractivity contribution in [2.75, 3.05) is 0 Å². The zero-order valence-corrected chi connectivity index (χ0v) is 8.95. The predicted octanol–water partition coefficient (Wildman–Crippen LogP) is 3.70. The molecule has 0 heterocycles. The van der Waals surface area contributed by atoms with Gasteiger partial charge in [0.05, 0.1) is 12.5 Å². The lowest BCUT2D eigenvalue weighted by atomic mass is 10.0. The molecule has 2 aromatic carbocycles. The fourth-order valence-corrected chi connectivity index (χ4v) is 1.62. The number of benzene rings is 2. The summed E-state index contributed by atoms with van der Waals surface area (Å²) in [7, 11) is 0. The van der Waals surface area contributed by atoms with Crippen molar-refractivity contribution < 1.29 is 8.78 Å². The molecule has 84 valence electrons. The molecule has 3 heteroatoms. The van der Waals surface area contributed by atoms with Gasteiger partial charge in [-0.05, 0) is 35.4 Å². The Morgan fingerprint density at radius 2 is 1.59 bits per heavy atom. The van der Waals surface area contributed by atoms with Gasteiger partial charge in [0, 0.05) is 5.56 Å². The van der Waals surface area contributed by atoms with Crippen molar-refractivity contribution in [1.82, 2.24) is 0 Å². The molecule has 0 radical (unpaired) electrons. The van der Waals surface area contributed by atoms with Crippen LogP contribution in [-0.4, -0.2) is 0 Å². The maximum Gasteiger partial charge on any atom is 0.127 e. The van der Waals surface area contributed by atoms with E-state index in [9.17, 15) is 8.78 Å². The maximum absolute atomic E-state index is 13.3. The Morgan fingerprint density at radius 3 is 2.24 bits per heavy atom. The van der Waals surface area contributed by atoms with Crippen molar-refractivity contribution in [2.45, 2.75) is 6.42 Å². The summed E-state index contributed by atoms with van der Waals surface area (Å²) >= 11 is 0. The van der Waals surface area contributed by atoms with Crippen molar-refractivity contribution in [2.24, 2.45) is 0 Å². The van der Waals surface area contributed by atoms with Gasteiger partial charge in [0.2, 0.25) is 0 Å². The first-order chi connectivity index (χ1) is 8.20. The van der Waals surface area contributed by atoms with Gasteiger partial charge in [0.25, 0.3) is 0 Å². The van der Waals surface area contributed by atoms with Crippen LogP contribution in [0.2, 0.25) is 0 Å². The average molecular weight is 229 g/mol. The Bertz CT molecular complexity index is 568. The molecule has 0 saturated heterocycles. The van der Waals surface area contributed by atoms with Crippen LogP contribution in [0.3, 0.4) is 0 Å². The summed E-state index contributed by atoms with van der Waals surface area (Å²) in [6, 6.07) is 12.4. The van der Waals surface area contributed by atoms with Gasteiger partial charge in [-0.15, -0.1) is 0 Å². The van der Waals surface area contributed by atoms with Crippen LogP contribution in [0.4, 0.5) is 8.78 Å². The van der Waals surface area contributed by atoms with Crippen molar-refractivity contribution in [3.05, 3.63) is 59.7 Å². The second-order valence-electron chi connectivity index (χ2n) is 3.65. The predicted molar refractivity (Wildman–Crippen MR) is 61.1 cm³/mol. The van der Waals surface area contributed by atoms with Crippen LogP contribution in [0, 0.1) is 23.0 Å². The standard InChI is InChI=1S/C14H9F2N/c15-13-4-1-10(2-5-13)11-3-6-14(16)12(9-11)7-8-17/h1-6,9H,7H2. The smallest absolute Gasteiger partial charge is 0.127 e. The monoisotopic (exact) mass is 229 g/mol. The van der Waals surface area contributed by atoms with Crippen LogP contribution in [0.5, 0.6) is 0 Å². The van der Waals surface area contributed by atoms with E-state index >= 15 is 0 Å². The molecule has 2 rings (SSSR count). The molecule has 0 N–H and O–H groups in total. The van der Waals surface area contributed by atoms with Crippen molar-refractivity contribution >= 4 is 0 Å². The summed E-state index contributed by atoms with van der Waals surface area (Å²) in [5.41, 5.74) is 1.93. The molecule has 0 atom stereocenters. The van der Waals surface area contributed by atoms with Gasteiger partial charge in [-0.1, -0.05) is 18.2 Å². The molecule has 0 aliphatic rings. The number of nitrogens with zero attached hydrogens (tertiary/aromatic N) is 1. The van der Waals surface area contributed by atoms with Crippen LogP contribution >= 0.6 is 0 Å². The van der Waals surface area contributed by atoms with E-state index in [4.69, 9.17) is 5.26 Å². The molecule has 0 saturated carbocycles. The van der Waals surface area contributed by atoms with Crippen LogP contribution in [-0.2, 0) is 6.42 Å². The van der Waals surface area contributed by atoms with Gasteiger partial charge in [0.15, 0.2) is 0 Å². The largest absolute Gasteiger partial charge is 0.207 e. The highest BCUT2D eigenvalue weighted by molar-refractivity contribution is 5.64. The quantitative estimate of drug-likeness (QED) is 0.770. The zero-order valence-electron chi connectivity index (χ0n) is 8.95. The molecular weight excluding hydrogens is 220 g/mol. The number of rotatable bonds is 2. The molecule has 0 fully saturated rings. The highest BCUT2D eigenvalue weighted by Gasteiger charge is 2.05. The van der Waals surface area contributed by atoms with E-state index in [1.807, 2.05) is 6.07 Å². The number of nitriles is 1. The normalized spacial score (nSPS) is 9.94. The molecule has 0 spiro atoms.